The molecule has 18 heteroatoms. The molecule has 1 unspecified atom stereocenters. The molecule has 0 aromatic heterocycles. The van der Waals surface area contributed by atoms with E-state index >= 15 is 0 Å². The minimum absolute atomic E-state index is 0.0439. The van der Waals surface area contributed by atoms with Crippen LogP contribution in [-0.4, -0.2) is 93.6 Å². The lowest BCUT2D eigenvalue weighted by molar-refractivity contribution is -0.134. The minimum atomic E-state index is -4.79. The molecule has 0 aliphatic carbocycles. The first-order chi connectivity index (χ1) is 26.8. The maximum atomic E-state index is 13.4. The van der Waals surface area contributed by atoms with Gasteiger partial charge in [-0.05, 0) is 66.8 Å². The third-order valence-corrected chi connectivity index (χ3v) is 9.50. The van der Waals surface area contributed by atoms with Crippen molar-refractivity contribution in [3.8, 4) is 11.5 Å². The van der Waals surface area contributed by atoms with Crippen molar-refractivity contribution in [1.29, 1.82) is 10.8 Å². The molecule has 5 rings (SSSR count). The lowest BCUT2D eigenvalue weighted by Crippen LogP contribution is -2.49. The van der Waals surface area contributed by atoms with Crippen molar-refractivity contribution in [2.24, 2.45) is 0 Å². The van der Waals surface area contributed by atoms with Gasteiger partial charge in [-0.3, -0.25) is 39.7 Å². The zero-order chi connectivity index (χ0) is 41.9. The molecule has 1 fully saturated rings. The number of hydrogen-bond acceptors (Lipinski definition) is 9. The lowest BCUT2D eigenvalue weighted by atomic mass is 9.98. The molecule has 7 N–H and O–H groups in total. The van der Waals surface area contributed by atoms with Crippen LogP contribution >= 0.6 is 0 Å². The normalized spacial score (nSPS) is 15.2. The average molecular weight is 791 g/mol. The Bertz CT molecular complexity index is 2170. The van der Waals surface area contributed by atoms with Crippen LogP contribution in [0.15, 0.2) is 66.9 Å². The van der Waals surface area contributed by atoms with Crippen molar-refractivity contribution in [3.63, 3.8) is 0 Å². The van der Waals surface area contributed by atoms with E-state index in [2.05, 4.69) is 17.2 Å². The number of fused-ring (bicyclic) bond motifs is 1. The summed E-state index contributed by atoms with van der Waals surface area (Å²) in [5.41, 5.74) is 1.97. The Morgan fingerprint density at radius 2 is 1.74 bits per heavy atom. The van der Waals surface area contributed by atoms with Crippen molar-refractivity contribution < 1.29 is 47.4 Å². The van der Waals surface area contributed by atoms with Gasteiger partial charge in [0.15, 0.2) is 5.84 Å². The van der Waals surface area contributed by atoms with Crippen LogP contribution in [0.4, 0.5) is 24.5 Å². The van der Waals surface area contributed by atoms with Gasteiger partial charge in [0.25, 0.3) is 17.7 Å². The first-order valence-electron chi connectivity index (χ1n) is 17.7. The third-order valence-electron chi connectivity index (χ3n) is 9.50. The smallest absolute Gasteiger partial charge is 0.405 e. The molecule has 3 aromatic carbocycles. The summed E-state index contributed by atoms with van der Waals surface area (Å²) in [4.78, 5) is 68.3. The van der Waals surface area contributed by atoms with Crippen LogP contribution in [-0.2, 0) is 20.9 Å². The largest absolute Gasteiger partial charge is 0.508 e. The van der Waals surface area contributed by atoms with Crippen LogP contribution < -0.4 is 20.9 Å². The quantitative estimate of drug-likeness (QED) is 0.114. The summed E-state index contributed by atoms with van der Waals surface area (Å²) in [5, 5.41) is 45.3. The minimum Gasteiger partial charge on any atom is -0.508 e. The topological polar surface area (TPSA) is 219 Å². The Labute approximate surface area is 325 Å². The van der Waals surface area contributed by atoms with Crippen molar-refractivity contribution in [2.75, 3.05) is 30.4 Å². The Kier molecular flexibility index (Phi) is 12.0. The summed E-state index contributed by atoms with van der Waals surface area (Å²) in [5.74, 6) is -6.07. The van der Waals surface area contributed by atoms with Crippen LogP contribution in [0.25, 0.3) is 0 Å². The van der Waals surface area contributed by atoms with E-state index in [1.807, 2.05) is 0 Å². The number of amides is 5. The van der Waals surface area contributed by atoms with Gasteiger partial charge in [0.05, 0.1) is 5.56 Å². The third kappa shape index (κ3) is 9.22. The van der Waals surface area contributed by atoms with Crippen molar-refractivity contribution in [3.05, 3.63) is 94.7 Å². The highest BCUT2D eigenvalue weighted by Crippen LogP contribution is 2.35. The van der Waals surface area contributed by atoms with Crippen LogP contribution in [0.3, 0.4) is 0 Å². The molecular formula is C39H41F3N8O7. The molecule has 2 aliphatic rings. The molecular weight excluding hydrogens is 749 g/mol. The molecule has 2 aliphatic heterocycles. The van der Waals surface area contributed by atoms with Crippen LogP contribution in [0, 0.1) is 10.8 Å². The van der Waals surface area contributed by atoms with Gasteiger partial charge in [-0.25, -0.2) is 0 Å². The first kappa shape index (κ1) is 41.4. The summed E-state index contributed by atoms with van der Waals surface area (Å²) >= 11 is 0. The maximum Gasteiger partial charge on any atom is 0.405 e. The molecule has 2 heterocycles. The second kappa shape index (κ2) is 16.6. The standard InChI is InChI=1S/C39H41F3N8O7/c1-20(2)25-16-26(31(52)17-30(25)51)33(43)50(34(44)36(55)45-19-39(40,41)42)23-11-9-22(10-12-23)37(56)48(4)15-14-32(53)47-28-7-5-6-24-27(28)18-49(38(24)57)29-13-8-21(3)46-35(29)54/h5-7,9-12,16-17,20,29,43-44,51-52H,3,8,13-15,18-19H2,1-2,4H3,(H,45,55)(H,46,54)(H,47,53). The molecule has 5 amide bonds. The summed E-state index contributed by atoms with van der Waals surface area (Å²) in [7, 11) is 1.45. The number of anilines is 2. The van der Waals surface area contributed by atoms with Gasteiger partial charge in [-0.1, -0.05) is 26.5 Å². The van der Waals surface area contributed by atoms with Crippen LogP contribution in [0.5, 0.6) is 11.5 Å². The molecule has 300 valence electrons. The van der Waals surface area contributed by atoms with Crippen molar-refractivity contribution >= 4 is 52.6 Å². The second-order valence-corrected chi connectivity index (χ2v) is 13.9. The number of alkyl halides is 3. The second-order valence-electron chi connectivity index (χ2n) is 13.9. The molecule has 57 heavy (non-hydrogen) atoms. The van der Waals surface area contributed by atoms with E-state index in [9.17, 15) is 47.4 Å². The fourth-order valence-electron chi connectivity index (χ4n) is 6.44. The highest BCUT2D eigenvalue weighted by atomic mass is 19.4. The Morgan fingerprint density at radius 1 is 1.05 bits per heavy atom. The molecule has 0 bridgehead atoms. The van der Waals surface area contributed by atoms with E-state index in [4.69, 9.17) is 10.8 Å². The molecule has 3 aromatic rings. The summed E-state index contributed by atoms with van der Waals surface area (Å²) in [6.45, 7) is 5.55. The van der Waals surface area contributed by atoms with Crippen molar-refractivity contribution in [1.82, 2.24) is 20.4 Å². The van der Waals surface area contributed by atoms with E-state index in [0.717, 1.165) is 6.07 Å². The predicted molar refractivity (Wildman–Crippen MR) is 203 cm³/mol. The van der Waals surface area contributed by atoms with Gasteiger partial charge in [0, 0.05) is 66.4 Å². The zero-order valence-corrected chi connectivity index (χ0v) is 31.2. The number of rotatable bonds is 10. The highest BCUT2D eigenvalue weighted by molar-refractivity contribution is 6.48. The number of aromatic hydroxyl groups is 2. The van der Waals surface area contributed by atoms with E-state index in [-0.39, 0.29) is 59.8 Å². The van der Waals surface area contributed by atoms with E-state index in [0.29, 0.717) is 45.8 Å². The van der Waals surface area contributed by atoms with Gasteiger partial charge in [-0.2, -0.15) is 13.2 Å². The summed E-state index contributed by atoms with van der Waals surface area (Å²) < 4.78 is 38.7. The van der Waals surface area contributed by atoms with E-state index in [1.165, 1.54) is 47.2 Å². The molecule has 1 saturated heterocycles. The number of benzene rings is 3. The molecule has 0 radical (unpaired) electrons. The number of phenolic OH excluding ortho intramolecular Hbond substituents is 2. The van der Waals surface area contributed by atoms with Crippen molar-refractivity contribution in [2.45, 2.75) is 57.8 Å². The fourth-order valence-corrected chi connectivity index (χ4v) is 6.44. The monoisotopic (exact) mass is 790 g/mol. The highest BCUT2D eigenvalue weighted by Gasteiger charge is 2.39. The predicted octanol–water partition coefficient (Wildman–Crippen LogP) is 4.56. The Balaban J connectivity index is 1.28. The first-order valence-corrected chi connectivity index (χ1v) is 17.7. The number of carbonyl (C=O) groups excluding carboxylic acids is 5. The number of phenols is 2. The van der Waals surface area contributed by atoms with Gasteiger partial charge in [-0.15, -0.1) is 0 Å². The van der Waals surface area contributed by atoms with Gasteiger partial charge in [0.1, 0.15) is 29.9 Å². The van der Waals surface area contributed by atoms with Crippen LogP contribution in [0.1, 0.15) is 76.4 Å². The summed E-state index contributed by atoms with van der Waals surface area (Å²) in [6.07, 6.45) is -3.98. The summed E-state index contributed by atoms with van der Waals surface area (Å²) in [6, 6.07) is 11.5. The number of nitrogens with zero attached hydrogens (tertiary/aromatic N) is 3. The Morgan fingerprint density at radius 3 is 2.37 bits per heavy atom. The zero-order valence-electron chi connectivity index (χ0n) is 31.2. The maximum absolute atomic E-state index is 13.4. The number of halogens is 3. The molecule has 15 nitrogen and oxygen atoms in total. The number of allylic oxidation sites excluding steroid dienone is 1. The SMILES string of the molecule is C=C1CCC(N2Cc3c(NC(=O)CCN(C)C(=O)c4ccc(N(C(=N)C(=O)NCC(F)(F)F)C(=N)c5cc(C(C)C)c(O)cc5O)cc4)cccc3C2=O)C(=O)N1. The number of amidine groups is 2. The Hall–Kier alpha value is -6.72. The van der Waals surface area contributed by atoms with Gasteiger partial charge >= 0.3 is 6.18 Å². The van der Waals surface area contributed by atoms with E-state index < -0.39 is 53.9 Å². The lowest BCUT2D eigenvalue weighted by Gasteiger charge is -2.31. The van der Waals surface area contributed by atoms with E-state index in [1.54, 1.807) is 37.4 Å². The number of piperidine rings is 1. The van der Waals surface area contributed by atoms with Gasteiger partial charge < -0.3 is 36.0 Å². The molecule has 0 spiro atoms. The average Bonchev–Trinajstić information content (AvgIpc) is 3.48. The number of nitrogens with one attached hydrogen (secondary N) is 5. The fraction of sp³-hybridized carbons (Fsp3) is 0.308. The molecule has 1 atom stereocenters. The number of carbonyl (C=O) groups is 5. The number of hydrogen-bond donors (Lipinski definition) is 7. The van der Waals surface area contributed by atoms with Crippen LogP contribution in [0.2, 0.25) is 0 Å². The van der Waals surface area contributed by atoms with Gasteiger partial charge in [0.2, 0.25) is 11.8 Å². The molecule has 0 saturated carbocycles.